The van der Waals surface area contributed by atoms with Crippen molar-refractivity contribution in [2.75, 3.05) is 14.2 Å². The molecule has 1 heterocycles. The van der Waals surface area contributed by atoms with Crippen LogP contribution in [0.5, 0.6) is 11.5 Å². The van der Waals surface area contributed by atoms with Gasteiger partial charge in [0.1, 0.15) is 0 Å². The van der Waals surface area contributed by atoms with Crippen molar-refractivity contribution in [3.8, 4) is 11.5 Å². The predicted molar refractivity (Wildman–Crippen MR) is 107 cm³/mol. The molecule has 0 radical (unpaired) electrons. The van der Waals surface area contributed by atoms with Gasteiger partial charge in [-0.2, -0.15) is 0 Å². The van der Waals surface area contributed by atoms with Gasteiger partial charge in [0, 0.05) is 25.1 Å². The van der Waals surface area contributed by atoms with Gasteiger partial charge >= 0.3 is 0 Å². The normalized spacial score (nSPS) is 10.7. The minimum Gasteiger partial charge on any atom is -0.493 e. The molecule has 0 aliphatic rings. The molecule has 2 aromatic carbocycles. The average Bonchev–Trinajstić information content (AvgIpc) is 2.71. The van der Waals surface area contributed by atoms with Crippen LogP contribution in [0.4, 0.5) is 0 Å². The minimum absolute atomic E-state index is 0.143. The number of amides is 1. The van der Waals surface area contributed by atoms with Gasteiger partial charge in [0.05, 0.1) is 31.4 Å². The quantitative estimate of drug-likeness (QED) is 0.680. The zero-order valence-corrected chi connectivity index (χ0v) is 16.2. The summed E-state index contributed by atoms with van der Waals surface area (Å²) in [4.78, 5) is 29.2. The number of fused-ring (bicyclic) bond motifs is 1. The molecule has 0 saturated carbocycles. The number of carbonyl (C=O) groups is 1. The SMILES string of the molecule is COc1cccc(CNC(=O)CCn2cnc3c(C)cccc3c2=O)c1OC. The van der Waals surface area contributed by atoms with E-state index in [-0.39, 0.29) is 24.4 Å². The Morgan fingerprint density at radius 1 is 1.14 bits per heavy atom. The number of hydrogen-bond donors (Lipinski definition) is 1. The maximum Gasteiger partial charge on any atom is 0.261 e. The lowest BCUT2D eigenvalue weighted by molar-refractivity contribution is -0.121. The Morgan fingerprint density at radius 3 is 2.68 bits per heavy atom. The number of benzene rings is 2. The first-order valence-electron chi connectivity index (χ1n) is 8.96. The van der Waals surface area contributed by atoms with Crippen LogP contribution in [0.3, 0.4) is 0 Å². The van der Waals surface area contributed by atoms with Crippen LogP contribution in [0.25, 0.3) is 10.9 Å². The van der Waals surface area contributed by atoms with Crippen molar-refractivity contribution < 1.29 is 14.3 Å². The lowest BCUT2D eigenvalue weighted by atomic mass is 10.1. The summed E-state index contributed by atoms with van der Waals surface area (Å²) < 4.78 is 12.1. The van der Waals surface area contributed by atoms with E-state index in [1.165, 1.54) is 10.9 Å². The summed E-state index contributed by atoms with van der Waals surface area (Å²) in [7, 11) is 3.13. The molecular weight excluding hydrogens is 358 g/mol. The molecule has 0 aliphatic heterocycles. The van der Waals surface area contributed by atoms with Crippen LogP contribution in [-0.2, 0) is 17.9 Å². The molecule has 7 nitrogen and oxygen atoms in total. The fourth-order valence-electron chi connectivity index (χ4n) is 3.09. The van der Waals surface area contributed by atoms with Gasteiger partial charge in [-0.1, -0.05) is 24.3 Å². The van der Waals surface area contributed by atoms with Gasteiger partial charge in [-0.3, -0.25) is 14.2 Å². The molecule has 0 bridgehead atoms. The van der Waals surface area contributed by atoms with E-state index in [1.807, 2.05) is 31.2 Å². The van der Waals surface area contributed by atoms with Crippen LogP contribution in [0, 0.1) is 6.92 Å². The Kier molecular flexibility index (Phi) is 5.93. The number of para-hydroxylation sites is 2. The average molecular weight is 381 g/mol. The molecule has 1 N–H and O–H groups in total. The Hall–Kier alpha value is -3.35. The molecule has 0 spiro atoms. The van der Waals surface area contributed by atoms with Crippen molar-refractivity contribution in [3.63, 3.8) is 0 Å². The molecule has 0 fully saturated rings. The van der Waals surface area contributed by atoms with Crippen molar-refractivity contribution >= 4 is 16.8 Å². The molecule has 7 heteroatoms. The monoisotopic (exact) mass is 381 g/mol. The Balaban J connectivity index is 1.65. The topological polar surface area (TPSA) is 82.5 Å². The van der Waals surface area contributed by atoms with Gasteiger partial charge in [0.25, 0.3) is 5.56 Å². The first kappa shape index (κ1) is 19.4. The predicted octanol–water partition coefficient (Wildman–Crippen LogP) is 2.43. The Labute approximate surface area is 162 Å². The van der Waals surface area contributed by atoms with E-state index in [9.17, 15) is 9.59 Å². The van der Waals surface area contributed by atoms with E-state index in [1.54, 1.807) is 26.4 Å². The molecule has 0 saturated heterocycles. The van der Waals surface area contributed by atoms with E-state index in [0.717, 1.165) is 11.1 Å². The third kappa shape index (κ3) is 3.98. The maximum absolute atomic E-state index is 12.6. The number of carbonyl (C=O) groups excluding carboxylic acids is 1. The molecule has 1 aromatic heterocycles. The van der Waals surface area contributed by atoms with E-state index >= 15 is 0 Å². The van der Waals surface area contributed by atoms with E-state index in [2.05, 4.69) is 10.3 Å². The number of ether oxygens (including phenoxy) is 2. The fourth-order valence-corrected chi connectivity index (χ4v) is 3.09. The molecule has 3 rings (SSSR count). The van der Waals surface area contributed by atoms with Gasteiger partial charge in [0.2, 0.25) is 5.91 Å². The second kappa shape index (κ2) is 8.56. The third-order valence-electron chi connectivity index (χ3n) is 4.60. The first-order valence-corrected chi connectivity index (χ1v) is 8.96. The fraction of sp³-hybridized carbons (Fsp3) is 0.286. The molecule has 0 aliphatic carbocycles. The number of hydrogen-bond acceptors (Lipinski definition) is 5. The van der Waals surface area contributed by atoms with Crippen molar-refractivity contribution in [1.82, 2.24) is 14.9 Å². The molecule has 1 amide bonds. The summed E-state index contributed by atoms with van der Waals surface area (Å²) >= 11 is 0. The molecular formula is C21H23N3O4. The van der Waals surface area contributed by atoms with Gasteiger partial charge in [-0.25, -0.2) is 4.98 Å². The molecule has 0 atom stereocenters. The Morgan fingerprint density at radius 2 is 1.93 bits per heavy atom. The Bertz CT molecular complexity index is 1060. The molecule has 28 heavy (non-hydrogen) atoms. The number of methoxy groups -OCH3 is 2. The maximum atomic E-state index is 12.6. The second-order valence-corrected chi connectivity index (χ2v) is 6.39. The van der Waals surface area contributed by atoms with Crippen LogP contribution >= 0.6 is 0 Å². The lowest BCUT2D eigenvalue weighted by Crippen LogP contribution is -2.27. The number of aromatic nitrogens is 2. The lowest BCUT2D eigenvalue weighted by Gasteiger charge is -2.13. The number of nitrogens with zero attached hydrogens (tertiary/aromatic N) is 2. The summed E-state index contributed by atoms with van der Waals surface area (Å²) in [6, 6.07) is 11.0. The van der Waals surface area contributed by atoms with Crippen molar-refractivity contribution in [1.29, 1.82) is 0 Å². The van der Waals surface area contributed by atoms with E-state index in [4.69, 9.17) is 9.47 Å². The van der Waals surface area contributed by atoms with Crippen molar-refractivity contribution in [3.05, 3.63) is 64.2 Å². The summed E-state index contributed by atoms with van der Waals surface area (Å²) in [6.45, 7) is 2.49. The van der Waals surface area contributed by atoms with Crippen molar-refractivity contribution in [2.45, 2.75) is 26.4 Å². The van der Waals surface area contributed by atoms with Crippen LogP contribution in [0.1, 0.15) is 17.5 Å². The summed E-state index contributed by atoms with van der Waals surface area (Å²) in [5.74, 6) is 1.04. The van der Waals surface area contributed by atoms with Crippen LogP contribution < -0.4 is 20.3 Å². The van der Waals surface area contributed by atoms with Gasteiger partial charge in [-0.15, -0.1) is 0 Å². The first-order chi connectivity index (χ1) is 13.5. The second-order valence-electron chi connectivity index (χ2n) is 6.39. The zero-order chi connectivity index (χ0) is 20.1. The zero-order valence-electron chi connectivity index (χ0n) is 16.2. The highest BCUT2D eigenvalue weighted by atomic mass is 16.5. The molecule has 0 unspecified atom stereocenters. The van der Waals surface area contributed by atoms with E-state index in [0.29, 0.717) is 28.9 Å². The molecule has 146 valence electrons. The van der Waals surface area contributed by atoms with Gasteiger partial charge < -0.3 is 14.8 Å². The highest BCUT2D eigenvalue weighted by molar-refractivity contribution is 5.80. The number of rotatable bonds is 7. The smallest absolute Gasteiger partial charge is 0.261 e. The van der Waals surface area contributed by atoms with Crippen LogP contribution in [0.15, 0.2) is 47.5 Å². The number of nitrogens with one attached hydrogen (secondary N) is 1. The standard InChI is InChI=1S/C21H23N3O4/c1-14-6-4-8-16-19(14)23-13-24(21(16)26)11-10-18(25)22-12-15-7-5-9-17(27-2)20(15)28-3/h4-9,13H,10-12H2,1-3H3,(H,22,25). The minimum atomic E-state index is -0.166. The van der Waals surface area contributed by atoms with Crippen molar-refractivity contribution in [2.24, 2.45) is 0 Å². The largest absolute Gasteiger partial charge is 0.493 e. The van der Waals surface area contributed by atoms with E-state index < -0.39 is 0 Å². The van der Waals surface area contributed by atoms with Crippen LogP contribution in [0.2, 0.25) is 0 Å². The molecule has 3 aromatic rings. The van der Waals surface area contributed by atoms with Crippen LogP contribution in [-0.4, -0.2) is 29.7 Å². The summed E-state index contributed by atoms with van der Waals surface area (Å²) in [6.07, 6.45) is 1.67. The highest BCUT2D eigenvalue weighted by Crippen LogP contribution is 2.30. The highest BCUT2D eigenvalue weighted by Gasteiger charge is 2.11. The number of aryl methyl sites for hydroxylation is 2. The van der Waals surface area contributed by atoms with Gasteiger partial charge in [-0.05, 0) is 24.6 Å². The summed E-state index contributed by atoms with van der Waals surface area (Å²) in [5, 5.41) is 3.41. The van der Waals surface area contributed by atoms with Gasteiger partial charge in [0.15, 0.2) is 11.5 Å². The third-order valence-corrected chi connectivity index (χ3v) is 4.60. The summed E-state index contributed by atoms with van der Waals surface area (Å²) in [5.41, 5.74) is 2.32.